The zero-order valence-corrected chi connectivity index (χ0v) is 11.1. The van der Waals surface area contributed by atoms with Gasteiger partial charge in [-0.15, -0.1) is 0 Å². The Bertz CT molecular complexity index is 375. The van der Waals surface area contributed by atoms with Crippen molar-refractivity contribution in [3.63, 3.8) is 0 Å². The fourth-order valence-electron chi connectivity index (χ4n) is 2.08. The summed E-state index contributed by atoms with van der Waals surface area (Å²) in [6.45, 7) is 6.72. The van der Waals surface area contributed by atoms with E-state index in [-0.39, 0.29) is 0 Å². The fraction of sp³-hybridized carbons (Fsp3) is 0.533. The van der Waals surface area contributed by atoms with Crippen LogP contribution in [0.2, 0.25) is 0 Å². The topological polar surface area (TPSA) is 24.8 Å². The quantitative estimate of drug-likeness (QED) is 0.691. The molecule has 18 heavy (non-hydrogen) atoms. The second-order valence-electron chi connectivity index (χ2n) is 4.52. The highest BCUT2D eigenvalue weighted by atomic mass is 16.5. The van der Waals surface area contributed by atoms with Gasteiger partial charge >= 0.3 is 0 Å². The maximum Gasteiger partial charge on any atom is 0.131 e. The Morgan fingerprint density at radius 1 is 1.22 bits per heavy atom. The predicted molar refractivity (Wildman–Crippen MR) is 75.1 cm³/mol. The highest BCUT2D eigenvalue weighted by molar-refractivity contribution is 5.99. The van der Waals surface area contributed by atoms with E-state index in [4.69, 9.17) is 4.74 Å². The highest BCUT2D eigenvalue weighted by Gasteiger charge is 2.17. The number of nitrogens with zero attached hydrogens (tertiary/aromatic N) is 2. The van der Waals surface area contributed by atoms with Crippen molar-refractivity contribution in [2.24, 2.45) is 4.99 Å². The summed E-state index contributed by atoms with van der Waals surface area (Å²) in [5.74, 6) is 1.12. The molecule has 0 saturated carbocycles. The van der Waals surface area contributed by atoms with Crippen LogP contribution in [-0.2, 0) is 4.74 Å². The van der Waals surface area contributed by atoms with Crippen molar-refractivity contribution in [3.05, 3.63) is 35.9 Å². The van der Waals surface area contributed by atoms with E-state index in [1.165, 1.54) is 12.0 Å². The molecular weight excluding hydrogens is 224 g/mol. The predicted octanol–water partition coefficient (Wildman–Crippen LogP) is 2.57. The number of benzene rings is 1. The number of aliphatic imine (C=N–C) groups is 1. The van der Waals surface area contributed by atoms with Gasteiger partial charge in [0.05, 0.1) is 13.2 Å². The van der Waals surface area contributed by atoms with Crippen LogP contribution < -0.4 is 0 Å². The van der Waals surface area contributed by atoms with Crippen LogP contribution in [0, 0.1) is 0 Å². The van der Waals surface area contributed by atoms with Crippen molar-refractivity contribution in [1.29, 1.82) is 0 Å². The van der Waals surface area contributed by atoms with E-state index in [9.17, 15) is 0 Å². The first-order chi connectivity index (χ1) is 8.92. The zero-order chi connectivity index (χ0) is 12.6. The van der Waals surface area contributed by atoms with Crippen LogP contribution in [0.5, 0.6) is 0 Å². The summed E-state index contributed by atoms with van der Waals surface area (Å²) in [5, 5.41) is 0. The lowest BCUT2D eigenvalue weighted by Crippen LogP contribution is -2.31. The second-order valence-corrected chi connectivity index (χ2v) is 4.52. The van der Waals surface area contributed by atoms with E-state index in [0.717, 1.165) is 45.1 Å². The third-order valence-corrected chi connectivity index (χ3v) is 3.11. The van der Waals surface area contributed by atoms with Crippen molar-refractivity contribution >= 4 is 5.84 Å². The molecule has 0 amide bonds. The van der Waals surface area contributed by atoms with Crippen LogP contribution in [0.4, 0.5) is 0 Å². The molecule has 0 aliphatic carbocycles. The molecule has 1 aliphatic heterocycles. The van der Waals surface area contributed by atoms with Gasteiger partial charge in [0, 0.05) is 25.3 Å². The molecule has 1 aromatic rings. The minimum absolute atomic E-state index is 0.797. The van der Waals surface area contributed by atoms with Crippen LogP contribution in [0.1, 0.15) is 25.3 Å². The normalized spacial score (nSPS) is 14.9. The van der Waals surface area contributed by atoms with Gasteiger partial charge < -0.3 is 9.64 Å². The molecule has 98 valence electrons. The smallest absolute Gasteiger partial charge is 0.131 e. The minimum atomic E-state index is 0.797. The Kier molecular flexibility index (Phi) is 5.21. The number of unbranched alkanes of at least 4 members (excludes halogenated alkanes) is 1. The molecule has 0 bridgehead atoms. The van der Waals surface area contributed by atoms with Gasteiger partial charge in [-0.1, -0.05) is 43.7 Å². The highest BCUT2D eigenvalue weighted by Crippen LogP contribution is 2.10. The Hall–Kier alpha value is -1.35. The summed E-state index contributed by atoms with van der Waals surface area (Å²) >= 11 is 0. The van der Waals surface area contributed by atoms with Crippen LogP contribution in [0.3, 0.4) is 0 Å². The standard InChI is InChI=1S/C15H22N2O/c1-2-3-12-18-13-11-17-10-9-16-15(17)14-7-5-4-6-8-14/h4-8H,2-3,9-13H2,1H3. The molecule has 0 fully saturated rings. The number of hydrogen-bond donors (Lipinski definition) is 0. The van der Waals surface area contributed by atoms with Gasteiger partial charge in [-0.25, -0.2) is 0 Å². The molecule has 1 heterocycles. The summed E-state index contributed by atoms with van der Waals surface area (Å²) in [5.41, 5.74) is 1.21. The molecule has 0 saturated heterocycles. The molecule has 0 radical (unpaired) electrons. The lowest BCUT2D eigenvalue weighted by atomic mass is 10.2. The van der Waals surface area contributed by atoms with Crippen molar-refractivity contribution in [2.75, 3.05) is 32.8 Å². The average Bonchev–Trinajstić information content (AvgIpc) is 2.88. The van der Waals surface area contributed by atoms with Crippen LogP contribution in [0.15, 0.2) is 35.3 Å². The maximum absolute atomic E-state index is 5.62. The number of hydrogen-bond acceptors (Lipinski definition) is 3. The molecule has 0 spiro atoms. The Labute approximate surface area is 109 Å². The third-order valence-electron chi connectivity index (χ3n) is 3.11. The van der Waals surface area contributed by atoms with Crippen LogP contribution >= 0.6 is 0 Å². The SMILES string of the molecule is CCCCOCCN1CCN=C1c1ccccc1. The van der Waals surface area contributed by atoms with E-state index in [1.807, 2.05) is 6.07 Å². The van der Waals surface area contributed by atoms with Gasteiger partial charge in [-0.2, -0.15) is 0 Å². The van der Waals surface area contributed by atoms with E-state index in [0.29, 0.717) is 0 Å². The Balaban J connectivity index is 1.81. The molecule has 0 aromatic heterocycles. The monoisotopic (exact) mass is 246 g/mol. The van der Waals surface area contributed by atoms with Crippen LogP contribution in [-0.4, -0.2) is 43.6 Å². The largest absolute Gasteiger partial charge is 0.380 e. The van der Waals surface area contributed by atoms with Crippen molar-refractivity contribution in [2.45, 2.75) is 19.8 Å². The molecule has 2 rings (SSSR count). The molecule has 1 aliphatic rings. The summed E-state index contributed by atoms with van der Waals surface area (Å²) in [4.78, 5) is 6.91. The molecule has 0 atom stereocenters. The molecule has 1 aromatic carbocycles. The van der Waals surface area contributed by atoms with Gasteiger partial charge in [0.2, 0.25) is 0 Å². The third kappa shape index (κ3) is 3.57. The lowest BCUT2D eigenvalue weighted by molar-refractivity contribution is 0.120. The first-order valence-electron chi connectivity index (χ1n) is 6.84. The summed E-state index contributed by atoms with van der Waals surface area (Å²) < 4.78 is 5.62. The van der Waals surface area contributed by atoms with Gasteiger partial charge in [0.1, 0.15) is 5.84 Å². The van der Waals surface area contributed by atoms with Gasteiger partial charge in [-0.05, 0) is 6.42 Å². The fourth-order valence-corrected chi connectivity index (χ4v) is 2.08. The molecule has 0 N–H and O–H groups in total. The van der Waals surface area contributed by atoms with E-state index in [2.05, 4.69) is 41.1 Å². The Morgan fingerprint density at radius 3 is 2.83 bits per heavy atom. The summed E-state index contributed by atoms with van der Waals surface area (Å²) in [7, 11) is 0. The number of rotatable bonds is 7. The first kappa shape index (κ1) is 13.1. The van der Waals surface area contributed by atoms with E-state index < -0.39 is 0 Å². The van der Waals surface area contributed by atoms with Gasteiger partial charge in [0.25, 0.3) is 0 Å². The summed E-state index contributed by atoms with van der Waals surface area (Å²) in [6, 6.07) is 10.4. The minimum Gasteiger partial charge on any atom is -0.380 e. The summed E-state index contributed by atoms with van der Waals surface area (Å²) in [6.07, 6.45) is 2.35. The van der Waals surface area contributed by atoms with E-state index in [1.54, 1.807) is 0 Å². The van der Waals surface area contributed by atoms with Crippen molar-refractivity contribution in [1.82, 2.24) is 4.90 Å². The average molecular weight is 246 g/mol. The lowest BCUT2D eigenvalue weighted by Gasteiger charge is -2.20. The molecule has 3 nitrogen and oxygen atoms in total. The van der Waals surface area contributed by atoms with Crippen LogP contribution in [0.25, 0.3) is 0 Å². The van der Waals surface area contributed by atoms with E-state index >= 15 is 0 Å². The number of ether oxygens (including phenoxy) is 1. The van der Waals surface area contributed by atoms with Crippen molar-refractivity contribution in [3.8, 4) is 0 Å². The Morgan fingerprint density at radius 2 is 2.06 bits per heavy atom. The van der Waals surface area contributed by atoms with Crippen molar-refractivity contribution < 1.29 is 4.74 Å². The van der Waals surface area contributed by atoms with Gasteiger partial charge in [0.15, 0.2) is 0 Å². The van der Waals surface area contributed by atoms with Gasteiger partial charge in [-0.3, -0.25) is 4.99 Å². The molecular formula is C15H22N2O. The molecule has 0 unspecified atom stereocenters. The number of amidine groups is 1. The maximum atomic E-state index is 5.62. The first-order valence-corrected chi connectivity index (χ1v) is 6.84. The zero-order valence-electron chi connectivity index (χ0n) is 11.1. The molecule has 3 heteroatoms. The second kappa shape index (κ2) is 7.17.